The Hall–Kier alpha value is -3.42. The summed E-state index contributed by atoms with van der Waals surface area (Å²) in [5.41, 5.74) is 9.57. The van der Waals surface area contributed by atoms with E-state index in [4.69, 9.17) is 5.73 Å². The van der Waals surface area contributed by atoms with Gasteiger partial charge in [0.25, 0.3) is 17.4 Å². The number of nitrogens with zero attached hydrogens (tertiary/aromatic N) is 3. The first-order valence-electron chi connectivity index (χ1n) is 8.60. The molecule has 3 N–H and O–H groups in total. The van der Waals surface area contributed by atoms with E-state index in [0.717, 1.165) is 22.7 Å². The smallest absolute Gasteiger partial charge is 0.262 e. The largest absolute Gasteiger partial charge is 0.384 e. The van der Waals surface area contributed by atoms with Gasteiger partial charge in [-0.1, -0.05) is 0 Å². The molecule has 2 aromatic heterocycles. The Morgan fingerprint density at radius 1 is 1.11 bits per heavy atom. The van der Waals surface area contributed by atoms with Crippen LogP contribution in [0.15, 0.2) is 23.3 Å². The number of carbonyl (C=O) groups excluding carboxylic acids is 2. The van der Waals surface area contributed by atoms with Crippen molar-refractivity contribution in [3.63, 3.8) is 0 Å². The Labute approximate surface area is 154 Å². The number of imide groups is 1. The summed E-state index contributed by atoms with van der Waals surface area (Å²) in [6.45, 7) is 7.91. The van der Waals surface area contributed by atoms with Crippen LogP contribution in [0.4, 0.5) is 5.82 Å². The molecule has 27 heavy (non-hydrogen) atoms. The Morgan fingerprint density at radius 2 is 1.81 bits per heavy atom. The zero-order chi connectivity index (χ0) is 19.6. The summed E-state index contributed by atoms with van der Waals surface area (Å²) in [6.07, 6.45) is 1.72. The molecule has 3 heterocycles. The number of hydrogen-bond acceptors (Lipinski definition) is 5. The van der Waals surface area contributed by atoms with Crippen molar-refractivity contribution in [2.45, 2.75) is 33.7 Å². The minimum absolute atomic E-state index is 0.00742. The lowest BCUT2D eigenvalue weighted by molar-refractivity contribution is 0.0880. The SMILES string of the molecule is Cc1cc2c(ncn2C(C)C)c(-n2c(N)c3c(cc2=O)C(=O)NC3=O)c1C. The standard InChI is InChI=1S/C19H19N5O3/c1-8(2)23-7-21-15-12(23)5-9(3)10(4)16(15)24-13(25)6-11-14(17(24)20)19(27)22-18(11)26/h5-8H,20H2,1-4H3,(H,22,26,27). The van der Waals surface area contributed by atoms with E-state index in [-0.39, 0.29) is 23.0 Å². The van der Waals surface area contributed by atoms with Gasteiger partial charge in [0.1, 0.15) is 11.3 Å². The average Bonchev–Trinajstić information content (AvgIpc) is 3.12. The maximum absolute atomic E-state index is 12.9. The third-order valence-corrected chi connectivity index (χ3v) is 5.09. The highest BCUT2D eigenvalue weighted by Crippen LogP contribution is 2.31. The van der Waals surface area contributed by atoms with E-state index in [0.29, 0.717) is 11.2 Å². The zero-order valence-corrected chi connectivity index (χ0v) is 15.5. The third-order valence-electron chi connectivity index (χ3n) is 5.09. The van der Waals surface area contributed by atoms with E-state index in [2.05, 4.69) is 10.3 Å². The number of imidazole rings is 1. The summed E-state index contributed by atoms with van der Waals surface area (Å²) < 4.78 is 3.29. The first kappa shape index (κ1) is 17.0. The molecule has 2 amide bonds. The van der Waals surface area contributed by atoms with Gasteiger partial charge in [0.15, 0.2) is 0 Å². The van der Waals surface area contributed by atoms with Gasteiger partial charge in [-0.05, 0) is 44.9 Å². The molecule has 3 aromatic rings. The average molecular weight is 365 g/mol. The fraction of sp³-hybridized carbons (Fsp3) is 0.263. The highest BCUT2D eigenvalue weighted by Gasteiger charge is 2.32. The topological polar surface area (TPSA) is 112 Å². The zero-order valence-electron chi connectivity index (χ0n) is 15.5. The van der Waals surface area contributed by atoms with Gasteiger partial charge in [-0.15, -0.1) is 0 Å². The molecule has 0 saturated carbocycles. The fourth-order valence-corrected chi connectivity index (χ4v) is 3.57. The lowest BCUT2D eigenvalue weighted by Gasteiger charge is -2.17. The highest BCUT2D eigenvalue weighted by molar-refractivity contribution is 6.23. The predicted octanol–water partition coefficient (Wildman–Crippen LogP) is 1.85. The van der Waals surface area contributed by atoms with Crippen LogP contribution in [-0.2, 0) is 0 Å². The van der Waals surface area contributed by atoms with Crippen molar-refractivity contribution in [2.75, 3.05) is 5.73 Å². The molecule has 0 aliphatic carbocycles. The molecule has 0 fully saturated rings. The van der Waals surface area contributed by atoms with Crippen molar-refractivity contribution in [3.05, 3.63) is 51.1 Å². The number of amides is 2. The Bertz CT molecular complexity index is 1220. The number of fused-ring (bicyclic) bond motifs is 2. The van der Waals surface area contributed by atoms with Crippen molar-refractivity contribution in [1.82, 2.24) is 19.4 Å². The van der Waals surface area contributed by atoms with Gasteiger partial charge in [0, 0.05) is 12.1 Å². The number of carbonyl (C=O) groups is 2. The number of pyridine rings is 1. The molecule has 0 bridgehead atoms. The summed E-state index contributed by atoms with van der Waals surface area (Å²) >= 11 is 0. The number of aryl methyl sites for hydroxylation is 1. The number of rotatable bonds is 2. The van der Waals surface area contributed by atoms with Crippen LogP contribution >= 0.6 is 0 Å². The second-order valence-electron chi connectivity index (χ2n) is 7.06. The van der Waals surface area contributed by atoms with Crippen molar-refractivity contribution < 1.29 is 9.59 Å². The van der Waals surface area contributed by atoms with Crippen LogP contribution in [0.2, 0.25) is 0 Å². The summed E-state index contributed by atoms with van der Waals surface area (Å²) in [7, 11) is 0. The molecular weight excluding hydrogens is 346 g/mol. The quantitative estimate of drug-likeness (QED) is 0.673. The number of aromatic nitrogens is 3. The first-order valence-corrected chi connectivity index (χ1v) is 8.60. The number of nitrogens with one attached hydrogen (secondary N) is 1. The third kappa shape index (κ3) is 2.22. The number of benzene rings is 1. The monoisotopic (exact) mass is 365 g/mol. The van der Waals surface area contributed by atoms with Gasteiger partial charge in [0.05, 0.1) is 28.7 Å². The van der Waals surface area contributed by atoms with E-state index in [1.54, 1.807) is 6.33 Å². The summed E-state index contributed by atoms with van der Waals surface area (Å²) in [5.74, 6) is -1.27. The van der Waals surface area contributed by atoms with Crippen LogP contribution in [-0.4, -0.2) is 25.9 Å². The molecule has 8 heteroatoms. The van der Waals surface area contributed by atoms with Crippen LogP contribution < -0.4 is 16.6 Å². The molecule has 1 aliphatic heterocycles. The minimum Gasteiger partial charge on any atom is -0.384 e. The molecule has 138 valence electrons. The molecule has 4 rings (SSSR count). The van der Waals surface area contributed by atoms with E-state index in [9.17, 15) is 14.4 Å². The molecule has 0 radical (unpaired) electrons. The molecular formula is C19H19N5O3. The molecule has 1 aliphatic rings. The normalized spacial score (nSPS) is 13.5. The van der Waals surface area contributed by atoms with Gasteiger partial charge in [0.2, 0.25) is 0 Å². The van der Waals surface area contributed by atoms with Gasteiger partial charge in [-0.2, -0.15) is 0 Å². The molecule has 8 nitrogen and oxygen atoms in total. The fourth-order valence-electron chi connectivity index (χ4n) is 3.57. The van der Waals surface area contributed by atoms with Crippen molar-refractivity contribution in [2.24, 2.45) is 0 Å². The van der Waals surface area contributed by atoms with Gasteiger partial charge in [-0.3, -0.25) is 24.3 Å². The van der Waals surface area contributed by atoms with Crippen molar-refractivity contribution in [1.29, 1.82) is 0 Å². The lowest BCUT2D eigenvalue weighted by Crippen LogP contribution is -2.25. The number of nitrogen functional groups attached to an aromatic ring is 1. The summed E-state index contributed by atoms with van der Waals surface area (Å²) in [4.78, 5) is 41.4. The van der Waals surface area contributed by atoms with Crippen LogP contribution in [0.5, 0.6) is 0 Å². The summed E-state index contributed by atoms with van der Waals surface area (Å²) in [6, 6.07) is 3.35. The van der Waals surface area contributed by atoms with Crippen LogP contribution in [0, 0.1) is 13.8 Å². The number of hydrogen-bond donors (Lipinski definition) is 2. The maximum atomic E-state index is 12.9. The maximum Gasteiger partial charge on any atom is 0.262 e. The second-order valence-corrected chi connectivity index (χ2v) is 7.06. The van der Waals surface area contributed by atoms with E-state index < -0.39 is 17.4 Å². The second kappa shape index (κ2) is 5.54. The molecule has 0 atom stereocenters. The first-order chi connectivity index (χ1) is 12.7. The highest BCUT2D eigenvalue weighted by atomic mass is 16.2. The van der Waals surface area contributed by atoms with E-state index >= 15 is 0 Å². The minimum atomic E-state index is -0.610. The molecule has 0 spiro atoms. The Balaban J connectivity index is 2.15. The summed E-state index contributed by atoms with van der Waals surface area (Å²) in [5, 5.41) is 2.18. The number of nitrogens with two attached hydrogens (primary N) is 1. The molecule has 1 aromatic carbocycles. The molecule has 0 unspecified atom stereocenters. The number of anilines is 1. The van der Waals surface area contributed by atoms with Gasteiger partial charge < -0.3 is 10.3 Å². The van der Waals surface area contributed by atoms with Crippen LogP contribution in [0.3, 0.4) is 0 Å². The lowest BCUT2D eigenvalue weighted by atomic mass is 10.0. The van der Waals surface area contributed by atoms with Gasteiger partial charge >= 0.3 is 0 Å². The van der Waals surface area contributed by atoms with E-state index in [1.807, 2.05) is 38.3 Å². The Morgan fingerprint density at radius 3 is 2.48 bits per heavy atom. The Kier molecular flexibility index (Phi) is 3.49. The van der Waals surface area contributed by atoms with Crippen LogP contribution in [0.25, 0.3) is 16.7 Å². The predicted molar refractivity (Wildman–Crippen MR) is 101 cm³/mol. The molecule has 0 saturated heterocycles. The van der Waals surface area contributed by atoms with Gasteiger partial charge in [-0.25, -0.2) is 4.98 Å². The van der Waals surface area contributed by atoms with Crippen LogP contribution in [0.1, 0.15) is 51.7 Å². The van der Waals surface area contributed by atoms with Crippen molar-refractivity contribution >= 4 is 28.7 Å². The van der Waals surface area contributed by atoms with E-state index in [1.165, 1.54) is 4.57 Å². The van der Waals surface area contributed by atoms with Crippen molar-refractivity contribution in [3.8, 4) is 5.69 Å².